The zero-order chi connectivity index (χ0) is 14.0. The fourth-order valence-electron chi connectivity index (χ4n) is 1.71. The first-order chi connectivity index (χ1) is 8.39. The Bertz CT molecular complexity index is 242. The molecule has 0 heterocycles. The largest absolute Gasteiger partial charge is 0.383 e. The van der Waals surface area contributed by atoms with Gasteiger partial charge < -0.3 is 10.1 Å². The van der Waals surface area contributed by atoms with E-state index in [-0.39, 0.29) is 5.54 Å². The van der Waals surface area contributed by atoms with Crippen LogP contribution in [0.4, 0.5) is 0 Å². The van der Waals surface area contributed by atoms with Crippen LogP contribution in [0.15, 0.2) is 0 Å². The Hall–Kier alpha value is -0.630. The highest BCUT2D eigenvalue weighted by molar-refractivity contribution is 4.76. The second-order valence-corrected chi connectivity index (χ2v) is 5.94. The van der Waals surface area contributed by atoms with Gasteiger partial charge in [0.2, 0.25) is 0 Å². The lowest BCUT2D eigenvalue weighted by Crippen LogP contribution is -2.42. The summed E-state index contributed by atoms with van der Waals surface area (Å²) < 4.78 is 5.11. The number of hydrogen-bond acceptors (Lipinski definition) is 4. The average molecular weight is 255 g/mol. The van der Waals surface area contributed by atoms with Gasteiger partial charge in [-0.1, -0.05) is 6.92 Å². The van der Waals surface area contributed by atoms with Gasteiger partial charge in [-0.25, -0.2) is 0 Å². The highest BCUT2D eigenvalue weighted by atomic mass is 16.5. The van der Waals surface area contributed by atoms with E-state index in [0.29, 0.717) is 12.3 Å². The molecule has 0 aromatic carbocycles. The molecule has 0 aliphatic heterocycles. The Morgan fingerprint density at radius 3 is 2.50 bits per heavy atom. The number of hydrogen-bond donors (Lipinski definition) is 1. The van der Waals surface area contributed by atoms with Gasteiger partial charge in [-0.3, -0.25) is 4.90 Å². The fraction of sp³-hybridized carbons (Fsp3) is 0.929. The maximum Gasteiger partial charge on any atom is 0.0635 e. The van der Waals surface area contributed by atoms with Crippen molar-refractivity contribution in [2.75, 3.05) is 39.9 Å². The molecule has 0 fully saturated rings. The van der Waals surface area contributed by atoms with Gasteiger partial charge in [0.1, 0.15) is 0 Å². The van der Waals surface area contributed by atoms with Crippen LogP contribution in [0.1, 0.15) is 34.1 Å². The summed E-state index contributed by atoms with van der Waals surface area (Å²) in [6, 6.07) is 2.21. The Morgan fingerprint density at radius 2 is 2.00 bits per heavy atom. The van der Waals surface area contributed by atoms with E-state index >= 15 is 0 Å². The summed E-state index contributed by atoms with van der Waals surface area (Å²) in [6.45, 7) is 13.2. The van der Waals surface area contributed by atoms with Crippen molar-refractivity contribution in [2.24, 2.45) is 5.92 Å². The number of ether oxygens (including phenoxy) is 1. The van der Waals surface area contributed by atoms with Crippen molar-refractivity contribution in [1.82, 2.24) is 10.2 Å². The Morgan fingerprint density at radius 1 is 1.33 bits per heavy atom. The van der Waals surface area contributed by atoms with E-state index in [1.54, 1.807) is 7.11 Å². The normalized spacial score (nSPS) is 13.6. The highest BCUT2D eigenvalue weighted by Crippen LogP contribution is 2.04. The molecule has 0 amide bonds. The Labute approximate surface area is 112 Å². The molecule has 0 aliphatic carbocycles. The molecule has 0 aromatic heterocycles. The molecule has 18 heavy (non-hydrogen) atoms. The number of nitrogens with zero attached hydrogens (tertiary/aromatic N) is 2. The smallest absolute Gasteiger partial charge is 0.0635 e. The lowest BCUT2D eigenvalue weighted by atomic mass is 10.1. The van der Waals surface area contributed by atoms with Crippen LogP contribution in [0.25, 0.3) is 0 Å². The number of nitriles is 1. The maximum absolute atomic E-state index is 8.66. The van der Waals surface area contributed by atoms with Gasteiger partial charge in [0.15, 0.2) is 0 Å². The third kappa shape index (κ3) is 10.5. The zero-order valence-corrected chi connectivity index (χ0v) is 12.6. The predicted molar refractivity (Wildman–Crippen MR) is 75.5 cm³/mol. The molecule has 0 spiro atoms. The van der Waals surface area contributed by atoms with Crippen LogP contribution in [0.3, 0.4) is 0 Å². The highest BCUT2D eigenvalue weighted by Gasteiger charge is 2.13. The van der Waals surface area contributed by atoms with Crippen molar-refractivity contribution >= 4 is 0 Å². The molecule has 4 nitrogen and oxygen atoms in total. The lowest BCUT2D eigenvalue weighted by Gasteiger charge is -2.28. The molecule has 1 N–H and O–H groups in total. The van der Waals surface area contributed by atoms with E-state index in [4.69, 9.17) is 10.00 Å². The van der Waals surface area contributed by atoms with Crippen molar-refractivity contribution in [1.29, 1.82) is 5.26 Å². The van der Waals surface area contributed by atoms with Gasteiger partial charge >= 0.3 is 0 Å². The minimum Gasteiger partial charge on any atom is -0.383 e. The van der Waals surface area contributed by atoms with Crippen LogP contribution in [-0.4, -0.2) is 50.3 Å². The summed E-state index contributed by atoms with van der Waals surface area (Å²) >= 11 is 0. The zero-order valence-electron chi connectivity index (χ0n) is 12.6. The minimum atomic E-state index is 0.165. The van der Waals surface area contributed by atoms with Crippen LogP contribution in [-0.2, 0) is 4.74 Å². The summed E-state index contributed by atoms with van der Waals surface area (Å²) in [6.07, 6.45) is 0.586. The third-order valence-corrected chi connectivity index (χ3v) is 2.70. The van der Waals surface area contributed by atoms with Gasteiger partial charge in [0.25, 0.3) is 0 Å². The standard InChI is InChI=1S/C14H29N3O/c1-13(11-16-14(2,3)4)12-17(8-6-7-15)9-10-18-5/h13,16H,6,8-12H2,1-5H3. The lowest BCUT2D eigenvalue weighted by molar-refractivity contribution is 0.138. The fourth-order valence-corrected chi connectivity index (χ4v) is 1.71. The van der Waals surface area contributed by atoms with Crippen LogP contribution in [0, 0.1) is 17.2 Å². The van der Waals surface area contributed by atoms with Gasteiger partial charge in [-0.05, 0) is 33.2 Å². The SMILES string of the molecule is COCCN(CCC#N)CC(C)CNC(C)(C)C. The van der Waals surface area contributed by atoms with Crippen LogP contribution < -0.4 is 5.32 Å². The van der Waals surface area contributed by atoms with Crippen LogP contribution in [0.2, 0.25) is 0 Å². The first kappa shape index (κ1) is 17.4. The molecule has 1 atom stereocenters. The minimum absolute atomic E-state index is 0.165. The summed E-state index contributed by atoms with van der Waals surface area (Å²) in [5, 5.41) is 12.2. The Balaban J connectivity index is 4.00. The third-order valence-electron chi connectivity index (χ3n) is 2.70. The van der Waals surface area contributed by atoms with E-state index < -0.39 is 0 Å². The molecule has 0 saturated heterocycles. The van der Waals surface area contributed by atoms with Crippen molar-refractivity contribution in [3.63, 3.8) is 0 Å². The molecule has 1 unspecified atom stereocenters. The van der Waals surface area contributed by atoms with Crippen LogP contribution >= 0.6 is 0 Å². The first-order valence-electron chi connectivity index (χ1n) is 6.72. The molecule has 0 saturated carbocycles. The molecule has 0 aliphatic rings. The van der Waals surface area contributed by atoms with E-state index in [2.05, 4.69) is 44.0 Å². The summed E-state index contributed by atoms with van der Waals surface area (Å²) in [4.78, 5) is 2.31. The van der Waals surface area contributed by atoms with Crippen LogP contribution in [0.5, 0.6) is 0 Å². The second-order valence-electron chi connectivity index (χ2n) is 5.94. The topological polar surface area (TPSA) is 48.3 Å². The van der Waals surface area contributed by atoms with E-state index in [9.17, 15) is 0 Å². The average Bonchev–Trinajstić information content (AvgIpc) is 2.29. The van der Waals surface area contributed by atoms with Gasteiger partial charge in [-0.2, -0.15) is 5.26 Å². The molecule has 4 heteroatoms. The van der Waals surface area contributed by atoms with Crippen molar-refractivity contribution in [3.05, 3.63) is 0 Å². The first-order valence-corrected chi connectivity index (χ1v) is 6.72. The molecule has 0 bridgehead atoms. The quantitative estimate of drug-likeness (QED) is 0.683. The molecule has 106 valence electrons. The summed E-state index contributed by atoms with van der Waals surface area (Å²) in [5.41, 5.74) is 0.165. The monoisotopic (exact) mass is 255 g/mol. The van der Waals surface area contributed by atoms with E-state index in [0.717, 1.165) is 32.8 Å². The predicted octanol–water partition coefficient (Wildman–Crippen LogP) is 1.87. The van der Waals surface area contributed by atoms with Gasteiger partial charge in [-0.15, -0.1) is 0 Å². The number of methoxy groups -OCH3 is 1. The van der Waals surface area contributed by atoms with Crippen molar-refractivity contribution < 1.29 is 4.74 Å². The number of rotatable bonds is 9. The summed E-state index contributed by atoms with van der Waals surface area (Å²) in [7, 11) is 1.72. The van der Waals surface area contributed by atoms with Gasteiger partial charge in [0.05, 0.1) is 12.7 Å². The molecular weight excluding hydrogens is 226 g/mol. The molecule has 0 aromatic rings. The second kappa shape index (κ2) is 9.32. The van der Waals surface area contributed by atoms with Crippen molar-refractivity contribution in [2.45, 2.75) is 39.7 Å². The van der Waals surface area contributed by atoms with Crippen molar-refractivity contribution in [3.8, 4) is 6.07 Å². The number of nitrogens with one attached hydrogen (secondary N) is 1. The Kier molecular flexibility index (Phi) is 8.99. The summed E-state index contributed by atoms with van der Waals surface area (Å²) in [5.74, 6) is 0.569. The van der Waals surface area contributed by atoms with E-state index in [1.807, 2.05) is 0 Å². The molecule has 0 radical (unpaired) electrons. The van der Waals surface area contributed by atoms with E-state index in [1.165, 1.54) is 0 Å². The maximum atomic E-state index is 8.66. The van der Waals surface area contributed by atoms with Gasteiger partial charge in [0, 0.05) is 38.7 Å². The molecule has 0 rings (SSSR count). The molecular formula is C14H29N3O.